The summed E-state index contributed by atoms with van der Waals surface area (Å²) in [5, 5.41) is 2.86. The largest absolute Gasteiger partial charge is 0.486 e. The first-order chi connectivity index (χ1) is 9.56. The van der Waals surface area contributed by atoms with Crippen LogP contribution in [0.25, 0.3) is 0 Å². The predicted octanol–water partition coefficient (Wildman–Crippen LogP) is 3.17. The summed E-state index contributed by atoms with van der Waals surface area (Å²) in [4.78, 5) is 12.1. The molecule has 0 saturated carbocycles. The van der Waals surface area contributed by atoms with Gasteiger partial charge < -0.3 is 14.8 Å². The molecule has 1 atom stereocenters. The van der Waals surface area contributed by atoms with E-state index >= 15 is 0 Å². The Labute approximate surface area is 124 Å². The molecule has 5 heteroatoms. The molecule has 1 heterocycles. The van der Waals surface area contributed by atoms with Crippen LogP contribution < -0.4 is 14.8 Å². The molecule has 0 bridgehead atoms. The average molecular weight is 295 g/mol. The highest BCUT2D eigenvalue weighted by atomic mass is 32.2. The number of hydrogen-bond donors (Lipinski definition) is 1. The number of carbonyl (C=O) groups excluding carboxylic acids is 1. The van der Waals surface area contributed by atoms with Gasteiger partial charge in [0.05, 0.1) is 5.25 Å². The molecular weight excluding hydrogens is 274 g/mol. The van der Waals surface area contributed by atoms with Gasteiger partial charge in [0.1, 0.15) is 13.2 Å². The van der Waals surface area contributed by atoms with Gasteiger partial charge in [0.25, 0.3) is 0 Å². The monoisotopic (exact) mass is 295 g/mol. The lowest BCUT2D eigenvalue weighted by Gasteiger charge is -2.19. The van der Waals surface area contributed by atoms with Gasteiger partial charge in [-0.25, -0.2) is 0 Å². The topological polar surface area (TPSA) is 47.6 Å². The lowest BCUT2D eigenvalue weighted by atomic mass is 10.2. The fraction of sp³-hybridized carbons (Fsp3) is 0.533. The molecule has 1 amide bonds. The fourth-order valence-corrected chi connectivity index (χ4v) is 2.66. The second kappa shape index (κ2) is 6.88. The maximum absolute atomic E-state index is 12.1. The number of hydrogen-bond acceptors (Lipinski definition) is 4. The van der Waals surface area contributed by atoms with Crippen LogP contribution in [-0.2, 0) is 4.79 Å². The van der Waals surface area contributed by atoms with Crippen LogP contribution in [0.1, 0.15) is 20.8 Å². The third kappa shape index (κ3) is 4.07. The zero-order chi connectivity index (χ0) is 14.5. The summed E-state index contributed by atoms with van der Waals surface area (Å²) in [5.41, 5.74) is 0.747. The summed E-state index contributed by atoms with van der Waals surface area (Å²) in [6, 6.07) is 5.48. The van der Waals surface area contributed by atoms with Crippen molar-refractivity contribution >= 4 is 23.4 Å². The number of anilines is 1. The maximum atomic E-state index is 12.1. The molecule has 2 rings (SSSR count). The number of thioether (sulfide) groups is 1. The minimum absolute atomic E-state index is 0.0207. The van der Waals surface area contributed by atoms with Crippen LogP contribution >= 0.6 is 11.8 Å². The molecule has 0 aliphatic carbocycles. The van der Waals surface area contributed by atoms with Gasteiger partial charge in [0, 0.05) is 11.8 Å². The van der Waals surface area contributed by atoms with Crippen molar-refractivity contribution in [3.63, 3.8) is 0 Å². The van der Waals surface area contributed by atoms with E-state index in [4.69, 9.17) is 9.47 Å². The normalized spacial score (nSPS) is 15.0. The smallest absolute Gasteiger partial charge is 0.237 e. The first-order valence-corrected chi connectivity index (χ1v) is 7.93. The molecule has 1 aromatic rings. The van der Waals surface area contributed by atoms with Crippen molar-refractivity contribution < 1.29 is 14.3 Å². The van der Waals surface area contributed by atoms with Crippen molar-refractivity contribution in [2.45, 2.75) is 26.0 Å². The zero-order valence-corrected chi connectivity index (χ0v) is 13.0. The third-order valence-corrected chi connectivity index (χ3v) is 4.43. The molecule has 20 heavy (non-hydrogen) atoms. The molecule has 1 aliphatic heterocycles. The lowest BCUT2D eigenvalue weighted by Crippen LogP contribution is -2.23. The number of nitrogens with one attached hydrogen (secondary N) is 1. The summed E-state index contributed by atoms with van der Waals surface area (Å²) in [5.74, 6) is 3.01. The maximum Gasteiger partial charge on any atom is 0.237 e. The number of benzene rings is 1. The Morgan fingerprint density at radius 1 is 1.25 bits per heavy atom. The highest BCUT2D eigenvalue weighted by Crippen LogP contribution is 2.32. The highest BCUT2D eigenvalue weighted by Gasteiger charge is 2.16. The molecule has 4 nitrogen and oxygen atoms in total. The molecule has 0 saturated heterocycles. The van der Waals surface area contributed by atoms with Crippen molar-refractivity contribution in [2.75, 3.05) is 24.3 Å². The number of carbonyl (C=O) groups is 1. The van der Waals surface area contributed by atoms with E-state index in [2.05, 4.69) is 19.2 Å². The van der Waals surface area contributed by atoms with Crippen LogP contribution in [0.15, 0.2) is 18.2 Å². The Kier molecular flexibility index (Phi) is 5.17. The van der Waals surface area contributed by atoms with E-state index in [0.717, 1.165) is 17.2 Å². The van der Waals surface area contributed by atoms with Crippen LogP contribution in [0.4, 0.5) is 5.69 Å². The van der Waals surface area contributed by atoms with Crippen LogP contribution in [0.3, 0.4) is 0 Å². The Morgan fingerprint density at radius 2 is 1.95 bits per heavy atom. The number of fused-ring (bicyclic) bond motifs is 1. The third-order valence-electron chi connectivity index (χ3n) is 2.86. The van der Waals surface area contributed by atoms with Crippen molar-refractivity contribution in [1.29, 1.82) is 0 Å². The fourth-order valence-electron chi connectivity index (χ4n) is 1.78. The molecule has 110 valence electrons. The number of amides is 1. The van der Waals surface area contributed by atoms with Gasteiger partial charge in [-0.05, 0) is 30.7 Å². The average Bonchev–Trinajstić information content (AvgIpc) is 2.44. The summed E-state index contributed by atoms with van der Waals surface area (Å²) < 4.78 is 11.0. The number of rotatable bonds is 5. The van der Waals surface area contributed by atoms with Crippen LogP contribution in [0.5, 0.6) is 11.5 Å². The number of ether oxygens (including phenoxy) is 2. The van der Waals surface area contributed by atoms with Crippen molar-refractivity contribution in [3.05, 3.63) is 18.2 Å². The molecule has 0 spiro atoms. The quantitative estimate of drug-likeness (QED) is 0.906. The first kappa shape index (κ1) is 15.0. The van der Waals surface area contributed by atoms with Gasteiger partial charge in [-0.2, -0.15) is 0 Å². The molecule has 1 aliphatic rings. The van der Waals surface area contributed by atoms with E-state index in [0.29, 0.717) is 24.9 Å². The second-order valence-corrected chi connectivity index (χ2v) is 6.59. The van der Waals surface area contributed by atoms with Crippen molar-refractivity contribution in [3.8, 4) is 11.5 Å². The van der Waals surface area contributed by atoms with E-state index in [1.54, 1.807) is 11.8 Å². The van der Waals surface area contributed by atoms with E-state index < -0.39 is 0 Å². The van der Waals surface area contributed by atoms with E-state index in [-0.39, 0.29) is 11.2 Å². The minimum Gasteiger partial charge on any atom is -0.486 e. The highest BCUT2D eigenvalue weighted by molar-refractivity contribution is 8.00. The summed E-state index contributed by atoms with van der Waals surface area (Å²) in [6.07, 6.45) is 0. The molecule has 0 unspecified atom stereocenters. The van der Waals surface area contributed by atoms with E-state index in [1.165, 1.54) is 0 Å². The Hall–Kier alpha value is -1.36. The summed E-state index contributed by atoms with van der Waals surface area (Å²) >= 11 is 1.67. The second-order valence-electron chi connectivity index (χ2n) is 5.22. The van der Waals surface area contributed by atoms with Gasteiger partial charge in [0.15, 0.2) is 11.5 Å². The van der Waals surface area contributed by atoms with Gasteiger partial charge in [-0.3, -0.25) is 4.79 Å². The summed E-state index contributed by atoms with van der Waals surface area (Å²) in [6.45, 7) is 7.35. The molecular formula is C15H21NO3S. The Balaban J connectivity index is 1.94. The molecule has 0 aromatic heterocycles. The van der Waals surface area contributed by atoms with Gasteiger partial charge in [-0.15, -0.1) is 11.8 Å². The van der Waals surface area contributed by atoms with Gasteiger partial charge in [0.2, 0.25) is 5.91 Å². The zero-order valence-electron chi connectivity index (χ0n) is 12.1. The first-order valence-electron chi connectivity index (χ1n) is 6.88. The van der Waals surface area contributed by atoms with Crippen molar-refractivity contribution in [1.82, 2.24) is 0 Å². The molecule has 0 fully saturated rings. The van der Waals surface area contributed by atoms with Gasteiger partial charge >= 0.3 is 0 Å². The van der Waals surface area contributed by atoms with E-state index in [1.807, 2.05) is 25.1 Å². The molecule has 0 radical (unpaired) electrons. The van der Waals surface area contributed by atoms with Crippen LogP contribution in [-0.4, -0.2) is 30.1 Å². The van der Waals surface area contributed by atoms with Crippen LogP contribution in [0, 0.1) is 5.92 Å². The van der Waals surface area contributed by atoms with E-state index in [9.17, 15) is 4.79 Å². The van der Waals surface area contributed by atoms with Crippen LogP contribution in [0.2, 0.25) is 0 Å². The standard InChI is InChI=1S/C15H21NO3S/c1-10(2)9-20-11(3)15(17)16-12-4-5-13-14(8-12)19-7-6-18-13/h4-5,8,10-11H,6-7,9H2,1-3H3,(H,16,17)/t11-/m1/s1. The summed E-state index contributed by atoms with van der Waals surface area (Å²) in [7, 11) is 0. The minimum atomic E-state index is -0.0643. The Morgan fingerprint density at radius 3 is 2.65 bits per heavy atom. The van der Waals surface area contributed by atoms with Crippen molar-refractivity contribution in [2.24, 2.45) is 5.92 Å². The lowest BCUT2D eigenvalue weighted by molar-refractivity contribution is -0.115. The molecule has 1 aromatic carbocycles. The Bertz CT molecular complexity index is 476. The molecule has 1 N–H and O–H groups in total. The van der Waals surface area contributed by atoms with Gasteiger partial charge in [-0.1, -0.05) is 13.8 Å². The SMILES string of the molecule is CC(C)CS[C@H](C)C(=O)Nc1ccc2c(c1)OCCO2. The predicted molar refractivity (Wildman–Crippen MR) is 82.8 cm³/mol.